The number of carbonyl (C=O) groups is 1. The normalized spacial score (nSPS) is 13.7. The molecule has 1 heterocycles. The number of hydrogen-bond donors (Lipinski definition) is 2. The van der Waals surface area contributed by atoms with Gasteiger partial charge in [0.1, 0.15) is 5.75 Å². The maximum atomic E-state index is 12.7. The van der Waals surface area contributed by atoms with Crippen molar-refractivity contribution < 1.29 is 17.9 Å². The molecule has 0 radical (unpaired) electrons. The van der Waals surface area contributed by atoms with E-state index in [1.165, 1.54) is 6.07 Å². The number of aryl methyl sites for hydroxylation is 2. The highest BCUT2D eigenvalue weighted by Gasteiger charge is 2.23. The van der Waals surface area contributed by atoms with Crippen LogP contribution in [0.3, 0.4) is 0 Å². The first-order valence-corrected chi connectivity index (χ1v) is 9.06. The van der Waals surface area contributed by atoms with E-state index in [1.54, 1.807) is 25.1 Å². The molecule has 0 aromatic heterocycles. The van der Waals surface area contributed by atoms with Crippen LogP contribution in [0.2, 0.25) is 0 Å². The summed E-state index contributed by atoms with van der Waals surface area (Å²) in [7, 11) is -3.75. The summed E-state index contributed by atoms with van der Waals surface area (Å²) in [5.74, 6) is 0.0913. The summed E-state index contributed by atoms with van der Waals surface area (Å²) in [4.78, 5) is 11.5. The van der Waals surface area contributed by atoms with Crippen molar-refractivity contribution in [2.75, 3.05) is 16.6 Å². The molecule has 6 nitrogen and oxygen atoms in total. The third-order valence-corrected chi connectivity index (χ3v) is 5.34. The molecule has 0 saturated heterocycles. The third-order valence-electron chi connectivity index (χ3n) is 3.81. The summed E-state index contributed by atoms with van der Waals surface area (Å²) in [6.45, 7) is 3.59. The van der Waals surface area contributed by atoms with E-state index in [0.29, 0.717) is 22.7 Å². The van der Waals surface area contributed by atoms with Gasteiger partial charge in [-0.15, -0.1) is 0 Å². The van der Waals surface area contributed by atoms with Crippen molar-refractivity contribution in [1.82, 2.24) is 0 Å². The number of carbonyl (C=O) groups excluding carboxylic acids is 1. The summed E-state index contributed by atoms with van der Waals surface area (Å²) >= 11 is 0. The van der Waals surface area contributed by atoms with E-state index in [2.05, 4.69) is 10.0 Å². The predicted octanol–water partition coefficient (Wildman–Crippen LogP) is 2.69. The average Bonchev–Trinajstić information content (AvgIpc) is 2.54. The number of nitrogens with one attached hydrogen (secondary N) is 2. The first-order chi connectivity index (χ1) is 11.4. The van der Waals surface area contributed by atoms with Crippen LogP contribution >= 0.6 is 0 Å². The van der Waals surface area contributed by atoms with Gasteiger partial charge in [-0.25, -0.2) is 8.42 Å². The lowest BCUT2D eigenvalue weighted by atomic mass is 10.2. The lowest BCUT2D eigenvalue weighted by Crippen LogP contribution is -2.26. The van der Waals surface area contributed by atoms with E-state index in [1.807, 2.05) is 19.1 Å². The van der Waals surface area contributed by atoms with Gasteiger partial charge in [-0.1, -0.05) is 19.1 Å². The Bertz CT molecular complexity index is 890. The highest BCUT2D eigenvalue weighted by Crippen LogP contribution is 2.33. The zero-order valence-corrected chi connectivity index (χ0v) is 14.2. The maximum Gasteiger partial charge on any atom is 0.262 e. The molecule has 2 N–H and O–H groups in total. The third kappa shape index (κ3) is 3.21. The molecule has 0 spiro atoms. The molecule has 2 aromatic carbocycles. The van der Waals surface area contributed by atoms with Crippen LogP contribution in [0, 0.1) is 6.92 Å². The zero-order chi connectivity index (χ0) is 17.3. The minimum Gasteiger partial charge on any atom is -0.482 e. The number of hydrogen-bond acceptors (Lipinski definition) is 4. The predicted molar refractivity (Wildman–Crippen MR) is 91.9 cm³/mol. The van der Waals surface area contributed by atoms with Gasteiger partial charge in [0.05, 0.1) is 10.6 Å². The molecule has 0 bridgehead atoms. The van der Waals surface area contributed by atoms with Gasteiger partial charge >= 0.3 is 0 Å². The molecule has 3 rings (SSSR count). The number of sulfonamides is 1. The van der Waals surface area contributed by atoms with Crippen LogP contribution in [0.25, 0.3) is 0 Å². The Hall–Kier alpha value is -2.54. The number of anilines is 2. The van der Waals surface area contributed by atoms with Gasteiger partial charge in [-0.2, -0.15) is 0 Å². The van der Waals surface area contributed by atoms with Crippen molar-refractivity contribution in [1.29, 1.82) is 0 Å². The molecule has 24 heavy (non-hydrogen) atoms. The summed E-state index contributed by atoms with van der Waals surface area (Å²) in [6.07, 6.45) is 0.889. The molecule has 0 unspecified atom stereocenters. The molecule has 0 aliphatic carbocycles. The van der Waals surface area contributed by atoms with Crippen LogP contribution in [0.5, 0.6) is 5.75 Å². The van der Waals surface area contributed by atoms with E-state index in [9.17, 15) is 13.2 Å². The van der Waals surface area contributed by atoms with Gasteiger partial charge in [0, 0.05) is 11.8 Å². The fraction of sp³-hybridized carbons (Fsp3) is 0.235. The Morgan fingerprint density at radius 1 is 1.21 bits per heavy atom. The monoisotopic (exact) mass is 346 g/mol. The first kappa shape index (κ1) is 16.3. The number of fused-ring (bicyclic) bond motifs is 1. The molecule has 1 amide bonds. The molecule has 0 fully saturated rings. The van der Waals surface area contributed by atoms with Gasteiger partial charge in [0.15, 0.2) is 6.61 Å². The Morgan fingerprint density at radius 2 is 1.92 bits per heavy atom. The maximum absolute atomic E-state index is 12.7. The molecule has 2 aromatic rings. The average molecular weight is 346 g/mol. The topological polar surface area (TPSA) is 84.5 Å². The molecule has 126 valence electrons. The quantitative estimate of drug-likeness (QED) is 0.891. The van der Waals surface area contributed by atoms with Crippen molar-refractivity contribution in [2.24, 2.45) is 0 Å². The number of benzene rings is 2. The highest BCUT2D eigenvalue weighted by molar-refractivity contribution is 7.92. The van der Waals surface area contributed by atoms with Crippen LogP contribution in [0.4, 0.5) is 11.4 Å². The molecule has 1 aliphatic rings. The van der Waals surface area contributed by atoms with Crippen molar-refractivity contribution >= 4 is 27.3 Å². The second-order valence-electron chi connectivity index (χ2n) is 5.61. The molecular weight excluding hydrogens is 328 g/mol. The number of ether oxygens (including phenoxy) is 1. The van der Waals surface area contributed by atoms with Gasteiger partial charge in [0.2, 0.25) is 0 Å². The van der Waals surface area contributed by atoms with Crippen LogP contribution in [-0.2, 0) is 21.2 Å². The minimum absolute atomic E-state index is 0.122. The smallest absolute Gasteiger partial charge is 0.262 e. The van der Waals surface area contributed by atoms with Gasteiger partial charge < -0.3 is 10.1 Å². The fourth-order valence-corrected chi connectivity index (χ4v) is 3.83. The Labute approximate surface area is 140 Å². The lowest BCUT2D eigenvalue weighted by Gasteiger charge is -2.20. The van der Waals surface area contributed by atoms with Crippen molar-refractivity contribution in [3.05, 3.63) is 47.5 Å². The minimum atomic E-state index is -3.75. The van der Waals surface area contributed by atoms with Crippen molar-refractivity contribution in [3.8, 4) is 5.75 Å². The molecule has 7 heteroatoms. The number of amides is 1. The fourth-order valence-electron chi connectivity index (χ4n) is 2.52. The summed E-state index contributed by atoms with van der Waals surface area (Å²) in [6, 6.07) is 10.3. The van der Waals surface area contributed by atoms with E-state index in [0.717, 1.165) is 12.0 Å². The Kier molecular flexibility index (Phi) is 4.19. The van der Waals surface area contributed by atoms with E-state index in [-0.39, 0.29) is 17.4 Å². The van der Waals surface area contributed by atoms with Crippen LogP contribution < -0.4 is 14.8 Å². The standard InChI is InChI=1S/C17H18N2O4S/c1-3-12-4-6-13(7-5-12)19-24(21,22)16-9-15-14(8-11(16)2)18-17(20)10-23-15/h4-9,19H,3,10H2,1-2H3,(H,18,20). The molecular formula is C17H18N2O4S. The zero-order valence-electron chi connectivity index (χ0n) is 13.4. The summed E-state index contributed by atoms with van der Waals surface area (Å²) in [5.41, 5.74) is 2.64. The second-order valence-corrected chi connectivity index (χ2v) is 7.26. The van der Waals surface area contributed by atoms with Crippen molar-refractivity contribution in [3.63, 3.8) is 0 Å². The highest BCUT2D eigenvalue weighted by atomic mass is 32.2. The largest absolute Gasteiger partial charge is 0.482 e. The van der Waals surface area contributed by atoms with Crippen LogP contribution in [0.1, 0.15) is 18.1 Å². The van der Waals surface area contributed by atoms with Crippen LogP contribution in [0.15, 0.2) is 41.3 Å². The van der Waals surface area contributed by atoms with E-state index in [4.69, 9.17) is 4.74 Å². The molecule has 1 aliphatic heterocycles. The van der Waals surface area contributed by atoms with E-state index >= 15 is 0 Å². The Morgan fingerprint density at radius 3 is 2.58 bits per heavy atom. The SMILES string of the molecule is CCc1ccc(NS(=O)(=O)c2cc3c(cc2C)NC(=O)CO3)cc1. The molecule has 0 atom stereocenters. The number of rotatable bonds is 4. The van der Waals surface area contributed by atoms with Gasteiger partial charge in [-0.3, -0.25) is 9.52 Å². The first-order valence-electron chi connectivity index (χ1n) is 7.58. The van der Waals surface area contributed by atoms with Crippen molar-refractivity contribution in [2.45, 2.75) is 25.2 Å². The molecule has 0 saturated carbocycles. The summed E-state index contributed by atoms with van der Waals surface area (Å²) < 4.78 is 33.2. The second kappa shape index (κ2) is 6.16. The van der Waals surface area contributed by atoms with Crippen LogP contribution in [-0.4, -0.2) is 20.9 Å². The summed E-state index contributed by atoms with van der Waals surface area (Å²) in [5, 5.41) is 2.66. The Balaban J connectivity index is 1.93. The lowest BCUT2D eigenvalue weighted by molar-refractivity contribution is -0.118. The van der Waals surface area contributed by atoms with Gasteiger partial charge in [0.25, 0.3) is 15.9 Å². The van der Waals surface area contributed by atoms with Gasteiger partial charge in [-0.05, 0) is 42.7 Å². The van der Waals surface area contributed by atoms with E-state index < -0.39 is 10.0 Å².